The molecule has 5 nitrogen and oxygen atoms in total. The third-order valence-corrected chi connectivity index (χ3v) is 3.85. The molecular weight excluding hydrogens is 278 g/mol. The largest absolute Gasteiger partial charge is 0.490 e. The number of nitrogens with zero attached hydrogens (tertiary/aromatic N) is 2. The maximum absolute atomic E-state index is 10.4. The first-order valence-electron chi connectivity index (χ1n) is 7.47. The number of piperidine rings is 1. The number of benzene rings is 1. The molecule has 0 bridgehead atoms. The monoisotopic (exact) mass is 297 g/mol. The van der Waals surface area contributed by atoms with Crippen LogP contribution in [0.4, 0.5) is 11.4 Å². The van der Waals surface area contributed by atoms with Gasteiger partial charge in [-0.3, -0.25) is 9.78 Å². The molecule has 1 aliphatic heterocycles. The molecule has 2 heterocycles. The van der Waals surface area contributed by atoms with Crippen molar-refractivity contribution in [3.8, 4) is 5.75 Å². The highest BCUT2D eigenvalue weighted by atomic mass is 16.5. The fourth-order valence-electron chi connectivity index (χ4n) is 2.68. The minimum atomic E-state index is 0.239. The van der Waals surface area contributed by atoms with Crippen LogP contribution in [0, 0.1) is 0 Å². The molecule has 1 saturated heterocycles. The van der Waals surface area contributed by atoms with Gasteiger partial charge < -0.3 is 15.0 Å². The van der Waals surface area contributed by atoms with Gasteiger partial charge in [0.1, 0.15) is 11.9 Å². The van der Waals surface area contributed by atoms with Gasteiger partial charge in [-0.1, -0.05) is 0 Å². The van der Waals surface area contributed by atoms with E-state index < -0.39 is 0 Å². The van der Waals surface area contributed by atoms with Crippen LogP contribution >= 0.6 is 0 Å². The van der Waals surface area contributed by atoms with Gasteiger partial charge in [0.05, 0.1) is 0 Å². The predicted octanol–water partition coefficient (Wildman–Crippen LogP) is 2.70. The second-order valence-corrected chi connectivity index (χ2v) is 5.30. The van der Waals surface area contributed by atoms with Gasteiger partial charge in [-0.15, -0.1) is 0 Å². The van der Waals surface area contributed by atoms with Crippen molar-refractivity contribution in [2.24, 2.45) is 0 Å². The molecule has 1 aliphatic rings. The van der Waals surface area contributed by atoms with E-state index in [1.54, 1.807) is 0 Å². The zero-order chi connectivity index (χ0) is 15.2. The smallest absolute Gasteiger partial charge is 0.211 e. The molecule has 0 radical (unpaired) electrons. The highest BCUT2D eigenvalue weighted by Crippen LogP contribution is 2.23. The van der Waals surface area contributed by atoms with Gasteiger partial charge in [0, 0.05) is 49.7 Å². The van der Waals surface area contributed by atoms with E-state index in [0.717, 1.165) is 37.4 Å². The Kier molecular flexibility index (Phi) is 4.53. The number of rotatable bonds is 5. The lowest BCUT2D eigenvalue weighted by Crippen LogP contribution is -2.38. The molecule has 0 aliphatic carbocycles. The summed E-state index contributed by atoms with van der Waals surface area (Å²) in [6.45, 7) is 1.97. The van der Waals surface area contributed by atoms with E-state index in [9.17, 15) is 4.79 Å². The lowest BCUT2D eigenvalue weighted by Gasteiger charge is -2.33. The van der Waals surface area contributed by atoms with E-state index in [1.165, 1.54) is 5.69 Å². The van der Waals surface area contributed by atoms with Crippen LogP contribution in [0.25, 0.3) is 0 Å². The normalized spacial score (nSPS) is 15.4. The average Bonchev–Trinajstić information content (AvgIpc) is 2.58. The van der Waals surface area contributed by atoms with E-state index in [1.807, 2.05) is 48.8 Å². The lowest BCUT2D eigenvalue weighted by molar-refractivity contribution is -0.105. The number of amides is 1. The van der Waals surface area contributed by atoms with Crippen molar-refractivity contribution in [2.75, 3.05) is 23.3 Å². The fourth-order valence-corrected chi connectivity index (χ4v) is 2.68. The molecule has 0 spiro atoms. The van der Waals surface area contributed by atoms with Crippen molar-refractivity contribution in [3.63, 3.8) is 0 Å². The lowest BCUT2D eigenvalue weighted by atomic mass is 10.1. The summed E-state index contributed by atoms with van der Waals surface area (Å²) in [5.41, 5.74) is 1.99. The Morgan fingerprint density at radius 1 is 1.09 bits per heavy atom. The van der Waals surface area contributed by atoms with Gasteiger partial charge in [0.15, 0.2) is 0 Å². The van der Waals surface area contributed by atoms with Gasteiger partial charge in [-0.25, -0.2) is 0 Å². The molecule has 1 amide bonds. The van der Waals surface area contributed by atoms with Crippen LogP contribution in [0.1, 0.15) is 12.8 Å². The van der Waals surface area contributed by atoms with Crippen molar-refractivity contribution >= 4 is 17.8 Å². The van der Waals surface area contributed by atoms with Crippen molar-refractivity contribution in [1.82, 2.24) is 4.98 Å². The van der Waals surface area contributed by atoms with Gasteiger partial charge in [-0.2, -0.15) is 0 Å². The Morgan fingerprint density at radius 2 is 1.77 bits per heavy atom. The van der Waals surface area contributed by atoms with E-state index in [0.29, 0.717) is 6.41 Å². The summed E-state index contributed by atoms with van der Waals surface area (Å²) in [4.78, 5) is 16.8. The van der Waals surface area contributed by atoms with E-state index in [-0.39, 0.29) is 6.10 Å². The number of hydrogen-bond donors (Lipinski definition) is 1. The molecule has 5 heteroatoms. The Morgan fingerprint density at radius 3 is 2.41 bits per heavy atom. The standard InChI is InChI=1S/C17H19N3O2/c21-13-19-14-1-3-16(4-2-14)22-17-7-11-20(12-8-17)15-5-9-18-10-6-15/h1-6,9-10,13,17H,7-8,11-12H2,(H,19,21). The maximum atomic E-state index is 10.4. The first-order valence-corrected chi connectivity index (χ1v) is 7.47. The summed E-state index contributed by atoms with van der Waals surface area (Å²) in [6, 6.07) is 11.5. The minimum Gasteiger partial charge on any atom is -0.490 e. The number of carbonyl (C=O) groups excluding carboxylic acids is 1. The Hall–Kier alpha value is -2.56. The average molecular weight is 297 g/mol. The number of hydrogen-bond acceptors (Lipinski definition) is 4. The Bertz CT molecular complexity index is 593. The summed E-state index contributed by atoms with van der Waals surface area (Å²) in [5.74, 6) is 0.846. The summed E-state index contributed by atoms with van der Waals surface area (Å²) in [6.07, 6.45) is 6.56. The Balaban J connectivity index is 1.52. The van der Waals surface area contributed by atoms with Crippen LogP contribution in [0.3, 0.4) is 0 Å². The second kappa shape index (κ2) is 6.93. The molecule has 2 aromatic rings. The van der Waals surface area contributed by atoms with Crippen molar-refractivity contribution in [3.05, 3.63) is 48.8 Å². The zero-order valence-corrected chi connectivity index (χ0v) is 12.3. The molecule has 22 heavy (non-hydrogen) atoms. The molecule has 1 N–H and O–H groups in total. The maximum Gasteiger partial charge on any atom is 0.211 e. The third-order valence-electron chi connectivity index (χ3n) is 3.85. The molecular formula is C17H19N3O2. The molecule has 0 atom stereocenters. The molecule has 0 unspecified atom stereocenters. The predicted molar refractivity (Wildman–Crippen MR) is 86.2 cm³/mol. The highest BCUT2D eigenvalue weighted by molar-refractivity contribution is 5.71. The van der Waals surface area contributed by atoms with Crippen LogP contribution in [-0.2, 0) is 4.79 Å². The zero-order valence-electron chi connectivity index (χ0n) is 12.3. The molecule has 3 rings (SSSR count). The van der Waals surface area contributed by atoms with E-state index >= 15 is 0 Å². The Labute approximate surface area is 129 Å². The van der Waals surface area contributed by atoms with E-state index in [4.69, 9.17) is 4.74 Å². The second-order valence-electron chi connectivity index (χ2n) is 5.30. The molecule has 1 fully saturated rings. The first-order chi connectivity index (χ1) is 10.8. The van der Waals surface area contributed by atoms with Crippen LogP contribution in [0.5, 0.6) is 5.75 Å². The number of carbonyl (C=O) groups is 1. The molecule has 1 aromatic carbocycles. The molecule has 0 saturated carbocycles. The van der Waals surface area contributed by atoms with Crippen LogP contribution < -0.4 is 15.0 Å². The van der Waals surface area contributed by atoms with Gasteiger partial charge in [0.2, 0.25) is 6.41 Å². The number of aromatic nitrogens is 1. The van der Waals surface area contributed by atoms with Gasteiger partial charge in [-0.05, 0) is 36.4 Å². The van der Waals surface area contributed by atoms with Crippen LogP contribution in [0.15, 0.2) is 48.8 Å². The van der Waals surface area contributed by atoms with Crippen LogP contribution in [-0.4, -0.2) is 30.6 Å². The molecule has 1 aromatic heterocycles. The van der Waals surface area contributed by atoms with Crippen LogP contribution in [0.2, 0.25) is 0 Å². The van der Waals surface area contributed by atoms with Crippen molar-refractivity contribution < 1.29 is 9.53 Å². The number of ether oxygens (including phenoxy) is 1. The summed E-state index contributed by atoms with van der Waals surface area (Å²) < 4.78 is 6.02. The summed E-state index contributed by atoms with van der Waals surface area (Å²) in [7, 11) is 0. The summed E-state index contributed by atoms with van der Waals surface area (Å²) in [5, 5.41) is 2.61. The summed E-state index contributed by atoms with van der Waals surface area (Å²) >= 11 is 0. The number of anilines is 2. The van der Waals surface area contributed by atoms with Gasteiger partial charge in [0.25, 0.3) is 0 Å². The highest BCUT2D eigenvalue weighted by Gasteiger charge is 2.20. The van der Waals surface area contributed by atoms with E-state index in [2.05, 4.69) is 15.2 Å². The number of pyridine rings is 1. The SMILES string of the molecule is O=CNc1ccc(OC2CCN(c3ccncc3)CC2)cc1. The minimum absolute atomic E-state index is 0.239. The van der Waals surface area contributed by atoms with Gasteiger partial charge >= 0.3 is 0 Å². The third kappa shape index (κ3) is 3.55. The van der Waals surface area contributed by atoms with Crippen molar-refractivity contribution in [1.29, 1.82) is 0 Å². The first kappa shape index (κ1) is 14.4. The fraction of sp³-hybridized carbons (Fsp3) is 0.294. The molecule has 114 valence electrons. The quantitative estimate of drug-likeness (QED) is 0.862. The number of nitrogens with one attached hydrogen (secondary N) is 1. The van der Waals surface area contributed by atoms with Crippen molar-refractivity contribution in [2.45, 2.75) is 18.9 Å². The topological polar surface area (TPSA) is 54.5 Å².